The summed E-state index contributed by atoms with van der Waals surface area (Å²) in [5.41, 5.74) is -0.873. The van der Waals surface area contributed by atoms with Crippen molar-refractivity contribution in [2.24, 2.45) is 0 Å². The molecule has 2 N–H and O–H groups in total. The monoisotopic (exact) mass is 285 g/mol. The third kappa shape index (κ3) is 4.90. The minimum Gasteiger partial charge on any atom is -0.394 e. The van der Waals surface area contributed by atoms with Gasteiger partial charge in [-0.2, -0.15) is 0 Å². The summed E-state index contributed by atoms with van der Waals surface area (Å²) >= 11 is 0. The number of nitrogens with one attached hydrogen (secondary N) is 1. The molecule has 0 aromatic rings. The average molecular weight is 285 g/mol. The van der Waals surface area contributed by atoms with E-state index in [1.54, 1.807) is 0 Å². The smallest absolute Gasteiger partial charge is 0.226 e. The third-order valence-corrected chi connectivity index (χ3v) is 6.55. The molecule has 1 rings (SSSR count). The zero-order chi connectivity index (χ0) is 13.2. The number of aliphatic hydroxyl groups excluding tert-OH is 1. The van der Waals surface area contributed by atoms with Crippen LogP contribution in [0.1, 0.15) is 32.1 Å². The summed E-state index contributed by atoms with van der Waals surface area (Å²) in [6.45, 7) is -0.296. The molecule has 1 fully saturated rings. The van der Waals surface area contributed by atoms with Crippen molar-refractivity contribution in [2.45, 2.75) is 37.6 Å². The third-order valence-electron chi connectivity index (χ3n) is 2.85. The molecule has 1 saturated carbocycles. The maximum atomic E-state index is 11.7. The molecule has 0 aromatic carbocycles. The average Bonchev–Trinajstić information content (AvgIpc) is 2.14. The van der Waals surface area contributed by atoms with Crippen LogP contribution in [0.5, 0.6) is 0 Å². The molecule has 0 heterocycles. The molecule has 0 unspecified atom stereocenters. The van der Waals surface area contributed by atoms with Gasteiger partial charge in [-0.1, -0.05) is 19.3 Å². The lowest BCUT2D eigenvalue weighted by molar-refractivity contribution is 0.142. The highest BCUT2D eigenvalue weighted by Crippen LogP contribution is 2.28. The Morgan fingerprint density at radius 3 is 2.06 bits per heavy atom. The van der Waals surface area contributed by atoms with Gasteiger partial charge in [0.05, 0.1) is 12.1 Å². The fraction of sp³-hybridized carbons (Fsp3) is 1.00. The van der Waals surface area contributed by atoms with Gasteiger partial charge in [0.15, 0.2) is 14.9 Å². The van der Waals surface area contributed by atoms with Crippen LogP contribution in [0.15, 0.2) is 0 Å². The fourth-order valence-corrected chi connectivity index (χ4v) is 5.58. The highest BCUT2D eigenvalue weighted by molar-refractivity contribution is 8.06. The van der Waals surface area contributed by atoms with E-state index in [4.69, 9.17) is 0 Å². The molecule has 0 aromatic heterocycles. The predicted octanol–water partition coefficient (Wildman–Crippen LogP) is -0.397. The number of aliphatic hydroxyl groups is 1. The molecule has 102 valence electrons. The number of hydrogen-bond donors (Lipinski definition) is 2. The fourth-order valence-electron chi connectivity index (χ4n) is 2.16. The number of rotatable bonds is 5. The predicted molar refractivity (Wildman–Crippen MR) is 64.7 cm³/mol. The van der Waals surface area contributed by atoms with Gasteiger partial charge in [-0.3, -0.25) is 0 Å². The van der Waals surface area contributed by atoms with Gasteiger partial charge in [-0.25, -0.2) is 21.6 Å². The second-order valence-electron chi connectivity index (χ2n) is 4.76. The Bertz CT molecular complexity index is 448. The molecule has 0 spiro atoms. The molecule has 0 bridgehead atoms. The Labute approximate surface area is 102 Å². The summed E-state index contributed by atoms with van der Waals surface area (Å²) in [6.07, 6.45) is 4.65. The molecule has 0 saturated heterocycles. The molecule has 1 aliphatic carbocycles. The van der Waals surface area contributed by atoms with Crippen LogP contribution in [0, 0.1) is 0 Å². The molecule has 0 aliphatic heterocycles. The van der Waals surface area contributed by atoms with E-state index in [-0.39, 0.29) is 6.61 Å². The minimum atomic E-state index is -3.91. The largest absolute Gasteiger partial charge is 0.394 e. The van der Waals surface area contributed by atoms with E-state index in [0.29, 0.717) is 12.8 Å². The van der Waals surface area contributed by atoms with E-state index in [9.17, 15) is 21.9 Å². The van der Waals surface area contributed by atoms with Crippen molar-refractivity contribution in [3.8, 4) is 0 Å². The second-order valence-corrected chi connectivity index (χ2v) is 8.99. The molecular weight excluding hydrogens is 266 g/mol. The Balaban J connectivity index is 2.80. The lowest BCUT2D eigenvalue weighted by Crippen LogP contribution is -2.53. The standard InChI is InChI=1S/C9H19NO5S2/c1-16(12,13)8-17(14,15)10-9(7-11)5-3-2-4-6-9/h10-11H,2-8H2,1H3. The van der Waals surface area contributed by atoms with E-state index in [1.165, 1.54) is 0 Å². The van der Waals surface area contributed by atoms with Crippen molar-refractivity contribution in [1.29, 1.82) is 0 Å². The Morgan fingerprint density at radius 1 is 1.12 bits per heavy atom. The Hall–Kier alpha value is -0.180. The van der Waals surface area contributed by atoms with Crippen molar-refractivity contribution in [1.82, 2.24) is 4.72 Å². The zero-order valence-electron chi connectivity index (χ0n) is 9.85. The van der Waals surface area contributed by atoms with Crippen LogP contribution in [0.4, 0.5) is 0 Å². The Morgan fingerprint density at radius 2 is 1.65 bits per heavy atom. The van der Waals surface area contributed by atoms with Crippen molar-refractivity contribution in [3.05, 3.63) is 0 Å². The highest BCUT2D eigenvalue weighted by atomic mass is 32.3. The van der Waals surface area contributed by atoms with E-state index in [0.717, 1.165) is 25.5 Å². The van der Waals surface area contributed by atoms with Gasteiger partial charge in [0.25, 0.3) is 0 Å². The van der Waals surface area contributed by atoms with Gasteiger partial charge in [0.1, 0.15) is 0 Å². The van der Waals surface area contributed by atoms with E-state index in [1.807, 2.05) is 0 Å². The van der Waals surface area contributed by atoms with Crippen LogP contribution in [0.2, 0.25) is 0 Å². The lowest BCUT2D eigenvalue weighted by atomic mass is 9.83. The van der Waals surface area contributed by atoms with Crippen LogP contribution >= 0.6 is 0 Å². The van der Waals surface area contributed by atoms with E-state index in [2.05, 4.69) is 4.72 Å². The van der Waals surface area contributed by atoms with Gasteiger partial charge in [0, 0.05) is 6.26 Å². The first-order valence-corrected chi connectivity index (χ1v) is 9.20. The van der Waals surface area contributed by atoms with Gasteiger partial charge >= 0.3 is 0 Å². The molecule has 17 heavy (non-hydrogen) atoms. The normalized spacial score (nSPS) is 21.3. The Kier molecular flexibility index (Phi) is 4.56. The van der Waals surface area contributed by atoms with Gasteiger partial charge in [-0.05, 0) is 12.8 Å². The van der Waals surface area contributed by atoms with Gasteiger partial charge in [0.2, 0.25) is 10.0 Å². The first-order chi connectivity index (χ1) is 7.68. The zero-order valence-corrected chi connectivity index (χ0v) is 11.5. The lowest BCUT2D eigenvalue weighted by Gasteiger charge is -2.35. The van der Waals surface area contributed by atoms with Crippen LogP contribution < -0.4 is 4.72 Å². The van der Waals surface area contributed by atoms with Crippen molar-refractivity contribution < 1.29 is 21.9 Å². The first kappa shape index (κ1) is 14.9. The quantitative estimate of drug-likeness (QED) is 0.716. The minimum absolute atomic E-state index is 0.296. The molecule has 0 atom stereocenters. The summed E-state index contributed by atoms with van der Waals surface area (Å²) < 4.78 is 47.7. The van der Waals surface area contributed by atoms with Gasteiger partial charge < -0.3 is 5.11 Å². The molecule has 0 radical (unpaired) electrons. The number of hydrogen-bond acceptors (Lipinski definition) is 5. The van der Waals surface area contributed by atoms with Crippen molar-refractivity contribution in [3.63, 3.8) is 0 Å². The second kappa shape index (κ2) is 5.21. The number of sulfonamides is 1. The summed E-state index contributed by atoms with van der Waals surface area (Å²) in [5.74, 6) is 0. The summed E-state index contributed by atoms with van der Waals surface area (Å²) in [7, 11) is -7.51. The van der Waals surface area contributed by atoms with E-state index < -0.39 is 30.5 Å². The van der Waals surface area contributed by atoms with E-state index >= 15 is 0 Å². The molecule has 1 aliphatic rings. The van der Waals surface area contributed by atoms with Crippen molar-refractivity contribution in [2.75, 3.05) is 17.9 Å². The van der Waals surface area contributed by atoms with Crippen LogP contribution in [0.3, 0.4) is 0 Å². The van der Waals surface area contributed by atoms with Crippen molar-refractivity contribution >= 4 is 19.9 Å². The maximum Gasteiger partial charge on any atom is 0.226 e. The molecular formula is C9H19NO5S2. The first-order valence-electron chi connectivity index (χ1n) is 5.48. The summed E-state index contributed by atoms with van der Waals surface area (Å²) in [5, 5.41) is 8.40. The molecule has 8 heteroatoms. The highest BCUT2D eigenvalue weighted by Gasteiger charge is 2.36. The summed E-state index contributed by atoms with van der Waals surface area (Å²) in [4.78, 5) is 0. The molecule has 6 nitrogen and oxygen atoms in total. The summed E-state index contributed by atoms with van der Waals surface area (Å²) in [6, 6.07) is 0. The maximum absolute atomic E-state index is 11.7. The van der Waals surface area contributed by atoms with Crippen LogP contribution in [-0.4, -0.2) is 45.4 Å². The topological polar surface area (TPSA) is 101 Å². The van der Waals surface area contributed by atoms with Gasteiger partial charge in [-0.15, -0.1) is 0 Å². The SMILES string of the molecule is CS(=O)(=O)CS(=O)(=O)NC1(CO)CCCCC1. The van der Waals surface area contributed by atoms with Crippen LogP contribution in [-0.2, 0) is 19.9 Å². The number of sulfone groups is 1. The molecule has 0 amide bonds. The van der Waals surface area contributed by atoms with Crippen LogP contribution in [0.25, 0.3) is 0 Å².